The molecular formula is C13H9Cl2NS. The Labute approximate surface area is 113 Å². The first kappa shape index (κ1) is 11.1. The van der Waals surface area contributed by atoms with Crippen LogP contribution in [0.4, 0.5) is 0 Å². The average Bonchev–Trinajstić information content (AvgIpc) is 2.87. The number of aromatic nitrogens is 1. The number of rotatable bonds is 2. The number of halogens is 2. The summed E-state index contributed by atoms with van der Waals surface area (Å²) in [7, 11) is 0. The number of hydrogen-bond donors (Lipinski definition) is 0. The maximum atomic E-state index is 6.02. The molecule has 0 aliphatic heterocycles. The molecule has 1 nitrogen and oxygen atoms in total. The Morgan fingerprint density at radius 3 is 2.71 bits per heavy atom. The number of benzene rings is 1. The standard InChI is InChI=1S/C13H9Cl2NS/c14-10-2-1-9-5-6-16(12(9)7-10)8-11-3-4-13(15)17-11/h1-7H,8H2. The molecule has 0 bridgehead atoms. The molecule has 0 aliphatic carbocycles. The third kappa shape index (κ3) is 2.21. The maximum Gasteiger partial charge on any atom is 0.0931 e. The van der Waals surface area contributed by atoms with Gasteiger partial charge >= 0.3 is 0 Å². The molecule has 0 saturated carbocycles. The molecule has 0 aliphatic rings. The van der Waals surface area contributed by atoms with Crippen molar-refractivity contribution >= 4 is 45.4 Å². The Kier molecular flexibility index (Phi) is 2.87. The van der Waals surface area contributed by atoms with Gasteiger partial charge in [-0.2, -0.15) is 0 Å². The summed E-state index contributed by atoms with van der Waals surface area (Å²) in [5.74, 6) is 0. The number of hydrogen-bond acceptors (Lipinski definition) is 1. The van der Waals surface area contributed by atoms with Gasteiger partial charge in [0.05, 0.1) is 10.9 Å². The molecule has 4 heteroatoms. The molecule has 2 heterocycles. The van der Waals surface area contributed by atoms with Crippen LogP contribution in [0.5, 0.6) is 0 Å². The van der Waals surface area contributed by atoms with E-state index in [0.717, 1.165) is 21.4 Å². The molecule has 17 heavy (non-hydrogen) atoms. The van der Waals surface area contributed by atoms with Crippen molar-refractivity contribution in [2.24, 2.45) is 0 Å². The van der Waals surface area contributed by atoms with E-state index in [-0.39, 0.29) is 0 Å². The predicted octanol–water partition coefficient (Wildman–Crippen LogP) is 5.06. The summed E-state index contributed by atoms with van der Waals surface area (Å²) < 4.78 is 3.01. The van der Waals surface area contributed by atoms with Gasteiger partial charge in [-0.1, -0.05) is 29.3 Å². The van der Waals surface area contributed by atoms with Gasteiger partial charge in [0.1, 0.15) is 0 Å². The molecule has 86 valence electrons. The van der Waals surface area contributed by atoms with Crippen LogP contribution in [0.1, 0.15) is 4.88 Å². The van der Waals surface area contributed by atoms with Crippen LogP contribution in [-0.2, 0) is 6.54 Å². The molecule has 1 aromatic carbocycles. The van der Waals surface area contributed by atoms with E-state index in [1.54, 1.807) is 11.3 Å². The van der Waals surface area contributed by atoms with Crippen molar-refractivity contribution in [2.75, 3.05) is 0 Å². The molecule has 3 aromatic rings. The largest absolute Gasteiger partial charge is 0.342 e. The molecule has 0 spiro atoms. The summed E-state index contributed by atoms with van der Waals surface area (Å²) in [4.78, 5) is 1.24. The van der Waals surface area contributed by atoms with Gasteiger partial charge in [0, 0.05) is 21.6 Å². The van der Waals surface area contributed by atoms with E-state index in [0.29, 0.717) is 0 Å². The molecular weight excluding hydrogens is 273 g/mol. The minimum absolute atomic E-state index is 0.765. The van der Waals surface area contributed by atoms with Crippen molar-refractivity contribution in [3.8, 4) is 0 Å². The van der Waals surface area contributed by atoms with Gasteiger partial charge in [-0.25, -0.2) is 0 Å². The zero-order valence-electron chi connectivity index (χ0n) is 8.86. The smallest absolute Gasteiger partial charge is 0.0931 e. The number of thiophene rings is 1. The monoisotopic (exact) mass is 281 g/mol. The summed E-state index contributed by atoms with van der Waals surface area (Å²) in [6.45, 7) is 0.835. The van der Waals surface area contributed by atoms with Gasteiger partial charge < -0.3 is 4.57 Å². The molecule has 0 fully saturated rings. The fourth-order valence-electron chi connectivity index (χ4n) is 1.90. The van der Waals surface area contributed by atoms with Gasteiger partial charge in [0.2, 0.25) is 0 Å². The van der Waals surface area contributed by atoms with Crippen LogP contribution in [0.2, 0.25) is 9.36 Å². The first-order chi connectivity index (χ1) is 8.22. The third-order valence-corrected chi connectivity index (χ3v) is 4.14. The van der Waals surface area contributed by atoms with E-state index in [2.05, 4.69) is 22.9 Å². The average molecular weight is 282 g/mol. The highest BCUT2D eigenvalue weighted by atomic mass is 35.5. The molecule has 0 amide bonds. The lowest BCUT2D eigenvalue weighted by molar-refractivity contribution is 0.852. The second kappa shape index (κ2) is 4.37. The van der Waals surface area contributed by atoms with Gasteiger partial charge in [-0.15, -0.1) is 11.3 Å². The van der Waals surface area contributed by atoms with E-state index in [1.807, 2.05) is 24.3 Å². The van der Waals surface area contributed by atoms with Gasteiger partial charge in [0.25, 0.3) is 0 Å². The van der Waals surface area contributed by atoms with Gasteiger partial charge in [-0.3, -0.25) is 0 Å². The fourth-order valence-corrected chi connectivity index (χ4v) is 3.15. The molecule has 0 N–H and O–H groups in total. The minimum Gasteiger partial charge on any atom is -0.342 e. The van der Waals surface area contributed by atoms with E-state index in [1.165, 1.54) is 10.3 Å². The molecule has 0 saturated heterocycles. The second-order valence-electron chi connectivity index (χ2n) is 3.85. The Balaban J connectivity index is 2.03. The first-order valence-electron chi connectivity index (χ1n) is 5.21. The quantitative estimate of drug-likeness (QED) is 0.619. The third-order valence-electron chi connectivity index (χ3n) is 2.69. The molecule has 0 atom stereocenters. The SMILES string of the molecule is Clc1ccc2ccn(Cc3ccc(Cl)s3)c2c1. The number of nitrogens with zero attached hydrogens (tertiary/aromatic N) is 1. The van der Waals surface area contributed by atoms with E-state index in [9.17, 15) is 0 Å². The highest BCUT2D eigenvalue weighted by Crippen LogP contribution is 2.25. The van der Waals surface area contributed by atoms with Crippen molar-refractivity contribution in [3.05, 3.63) is 56.8 Å². The summed E-state index contributed by atoms with van der Waals surface area (Å²) >= 11 is 13.6. The Morgan fingerprint density at radius 1 is 1.06 bits per heavy atom. The molecule has 2 aromatic heterocycles. The summed E-state index contributed by atoms with van der Waals surface area (Å²) in [5.41, 5.74) is 1.15. The van der Waals surface area contributed by atoms with Crippen LogP contribution in [0.25, 0.3) is 10.9 Å². The fraction of sp³-hybridized carbons (Fsp3) is 0.0769. The van der Waals surface area contributed by atoms with Crippen molar-refractivity contribution in [2.45, 2.75) is 6.54 Å². The van der Waals surface area contributed by atoms with Gasteiger partial charge in [0.15, 0.2) is 0 Å². The summed E-state index contributed by atoms with van der Waals surface area (Å²) in [6, 6.07) is 12.0. The predicted molar refractivity (Wildman–Crippen MR) is 75.4 cm³/mol. The van der Waals surface area contributed by atoms with Crippen molar-refractivity contribution < 1.29 is 0 Å². The zero-order valence-corrected chi connectivity index (χ0v) is 11.2. The van der Waals surface area contributed by atoms with Crippen LogP contribution in [0, 0.1) is 0 Å². The summed E-state index contributed by atoms with van der Waals surface area (Å²) in [6.07, 6.45) is 2.08. The van der Waals surface area contributed by atoms with Crippen molar-refractivity contribution in [3.63, 3.8) is 0 Å². The Bertz CT molecular complexity index is 669. The Hall–Kier alpha value is -0.960. The maximum absolute atomic E-state index is 6.02. The number of fused-ring (bicyclic) bond motifs is 1. The zero-order chi connectivity index (χ0) is 11.8. The highest BCUT2D eigenvalue weighted by Gasteiger charge is 2.04. The molecule has 0 radical (unpaired) electrons. The van der Waals surface area contributed by atoms with Crippen molar-refractivity contribution in [1.82, 2.24) is 4.57 Å². The van der Waals surface area contributed by atoms with E-state index < -0.39 is 0 Å². The van der Waals surface area contributed by atoms with Crippen LogP contribution in [-0.4, -0.2) is 4.57 Å². The van der Waals surface area contributed by atoms with Crippen LogP contribution < -0.4 is 0 Å². The minimum atomic E-state index is 0.765. The second-order valence-corrected chi connectivity index (χ2v) is 6.09. The van der Waals surface area contributed by atoms with Crippen LogP contribution in [0.3, 0.4) is 0 Å². The summed E-state index contributed by atoms with van der Waals surface area (Å²) in [5, 5.41) is 1.97. The van der Waals surface area contributed by atoms with Crippen LogP contribution >= 0.6 is 34.5 Å². The lowest BCUT2D eigenvalue weighted by Gasteiger charge is -2.03. The molecule has 0 unspecified atom stereocenters. The lowest BCUT2D eigenvalue weighted by Crippen LogP contribution is -1.94. The normalized spacial score (nSPS) is 11.2. The van der Waals surface area contributed by atoms with Crippen molar-refractivity contribution in [1.29, 1.82) is 0 Å². The Morgan fingerprint density at radius 2 is 1.94 bits per heavy atom. The molecule has 3 rings (SSSR count). The lowest BCUT2D eigenvalue weighted by atomic mass is 10.2. The van der Waals surface area contributed by atoms with E-state index in [4.69, 9.17) is 23.2 Å². The van der Waals surface area contributed by atoms with E-state index >= 15 is 0 Å². The highest BCUT2D eigenvalue weighted by molar-refractivity contribution is 7.16. The van der Waals surface area contributed by atoms with Crippen LogP contribution in [0.15, 0.2) is 42.6 Å². The van der Waals surface area contributed by atoms with Gasteiger partial charge in [-0.05, 0) is 35.7 Å². The first-order valence-corrected chi connectivity index (χ1v) is 6.78. The topological polar surface area (TPSA) is 4.93 Å².